The van der Waals surface area contributed by atoms with E-state index in [4.69, 9.17) is 0 Å². The maximum absolute atomic E-state index is 9.75. The maximum Gasteiger partial charge on any atom is 0.673 e. The first kappa shape index (κ1) is 33.4. The molecule has 194 valence electrons. The van der Waals surface area contributed by atoms with Crippen molar-refractivity contribution in [3.8, 4) is 0 Å². The molecule has 0 unspecified atom stereocenters. The van der Waals surface area contributed by atoms with E-state index in [1.165, 1.54) is 22.3 Å². The Bertz CT molecular complexity index is 766. The van der Waals surface area contributed by atoms with E-state index in [0.29, 0.717) is 0 Å². The molecule has 0 saturated carbocycles. The summed E-state index contributed by atoms with van der Waals surface area (Å²) < 4.78 is 82.1. The largest absolute Gasteiger partial charge is 0.673 e. The van der Waals surface area contributed by atoms with E-state index in [0.717, 1.165) is 0 Å². The number of benzene rings is 1. The maximum atomic E-state index is 9.75. The van der Waals surface area contributed by atoms with Gasteiger partial charge in [-0.3, -0.25) is 0 Å². The monoisotopic (exact) mass is 502 g/mol. The van der Waals surface area contributed by atoms with Crippen molar-refractivity contribution in [1.29, 1.82) is 0 Å². The van der Waals surface area contributed by atoms with Crippen LogP contribution in [-0.2, 0) is 0 Å². The summed E-state index contributed by atoms with van der Waals surface area (Å²) in [5.74, 6) is 0. The van der Waals surface area contributed by atoms with Crippen LogP contribution in [0.25, 0.3) is 11.1 Å². The van der Waals surface area contributed by atoms with E-state index in [-0.39, 0.29) is 0 Å². The highest BCUT2D eigenvalue weighted by molar-refractivity contribution is 6.50. The Morgan fingerprint density at radius 2 is 0.794 bits per heavy atom. The Kier molecular flexibility index (Phi) is 14.9. The van der Waals surface area contributed by atoms with Gasteiger partial charge in [0.05, 0.1) is 11.1 Å². The van der Waals surface area contributed by atoms with Gasteiger partial charge in [-0.25, -0.2) is 9.15 Å². The third kappa shape index (κ3) is 23.9. The van der Waals surface area contributed by atoms with E-state index in [9.17, 15) is 34.5 Å². The lowest BCUT2D eigenvalue weighted by molar-refractivity contribution is -0.458. The Balaban J connectivity index is 0. The Morgan fingerprint density at radius 1 is 0.588 bits per heavy atom. The minimum atomic E-state index is -6.00. The molecule has 1 aromatic carbocycles. The first-order valence-electron chi connectivity index (χ1n) is 9.83. The molecule has 0 radical (unpaired) electrons. The van der Waals surface area contributed by atoms with Gasteiger partial charge in [0, 0.05) is 40.6 Å². The Labute approximate surface area is 196 Å². The second kappa shape index (κ2) is 15.2. The molecule has 34 heavy (non-hydrogen) atoms. The van der Waals surface area contributed by atoms with Crippen LogP contribution >= 0.6 is 0 Å². The molecule has 0 aliphatic heterocycles. The number of hydrogen-bond donors (Lipinski definition) is 0. The second-order valence-corrected chi connectivity index (χ2v) is 7.85. The van der Waals surface area contributed by atoms with Crippen LogP contribution in [0.2, 0.25) is 0 Å². The van der Waals surface area contributed by atoms with Crippen molar-refractivity contribution in [3.63, 3.8) is 0 Å². The van der Waals surface area contributed by atoms with Crippen LogP contribution in [0.4, 0.5) is 34.5 Å². The minimum Gasteiger partial charge on any atom is -0.418 e. The predicted octanol–water partition coefficient (Wildman–Crippen LogP) is 4.78. The molecule has 0 spiro atoms. The van der Waals surface area contributed by atoms with Crippen molar-refractivity contribution in [2.24, 2.45) is 0 Å². The smallest absolute Gasteiger partial charge is 0.418 e. The van der Waals surface area contributed by atoms with Gasteiger partial charge in [0.15, 0.2) is 12.4 Å². The summed E-state index contributed by atoms with van der Waals surface area (Å²) in [7, 11) is 4.35. The van der Waals surface area contributed by atoms with Crippen LogP contribution in [0, 0.1) is 0 Å². The fraction of sp³-hybridized carbons (Fsp3) is 0.400. The molecule has 0 N–H and O–H groups in total. The molecule has 1 aromatic rings. The zero-order chi connectivity index (χ0) is 27.3. The molecule has 0 saturated heterocycles. The van der Waals surface area contributed by atoms with Crippen molar-refractivity contribution >= 4 is 38.1 Å². The second-order valence-electron chi connectivity index (χ2n) is 7.85. The van der Waals surface area contributed by atoms with Crippen molar-refractivity contribution in [3.05, 3.63) is 47.8 Å². The summed E-state index contributed by atoms with van der Waals surface area (Å²) in [6, 6.07) is 8.71. The summed E-state index contributed by atoms with van der Waals surface area (Å²) in [5, 5.41) is 0. The molecule has 1 rings (SSSR count). The van der Waals surface area contributed by atoms with Crippen molar-refractivity contribution in [1.82, 2.24) is 9.80 Å². The first-order chi connectivity index (χ1) is 15.2. The van der Waals surface area contributed by atoms with E-state index < -0.39 is 14.5 Å². The topological polar surface area (TPSA) is 12.5 Å². The lowest BCUT2D eigenvalue weighted by Gasteiger charge is -2.10. The molecule has 14 heteroatoms. The average Bonchev–Trinajstić information content (AvgIpc) is 2.56. The van der Waals surface area contributed by atoms with Gasteiger partial charge in [-0.15, -0.1) is 0 Å². The van der Waals surface area contributed by atoms with Crippen molar-refractivity contribution in [2.75, 3.05) is 56.4 Å². The summed E-state index contributed by atoms with van der Waals surface area (Å²) in [6.07, 6.45) is 8.55. The number of hydrogen-bond acceptors (Lipinski definition) is 2. The number of rotatable bonds is 6. The molecule has 0 aliphatic rings. The van der Waals surface area contributed by atoms with Crippen LogP contribution in [-0.4, -0.2) is 102 Å². The van der Waals surface area contributed by atoms with Gasteiger partial charge in [0.1, 0.15) is 28.2 Å². The van der Waals surface area contributed by atoms with Crippen LogP contribution in [0.3, 0.4) is 0 Å². The molecular weight excluding hydrogens is 470 g/mol. The normalized spacial score (nSPS) is 11.9. The van der Waals surface area contributed by atoms with Crippen molar-refractivity contribution in [2.45, 2.75) is 0 Å². The fourth-order valence-corrected chi connectivity index (χ4v) is 2.33. The third-order valence-electron chi connectivity index (χ3n) is 3.14. The highest BCUT2D eigenvalue weighted by atomic mass is 19.5. The molecule has 0 fully saturated rings. The Hall–Kier alpha value is -2.79. The summed E-state index contributed by atoms with van der Waals surface area (Å²) in [6.45, 7) is 0. The molecule has 0 aliphatic carbocycles. The molecule has 0 atom stereocenters. The van der Waals surface area contributed by atoms with Gasteiger partial charge >= 0.3 is 14.5 Å². The minimum absolute atomic E-state index is 1.19. The average molecular weight is 502 g/mol. The molecule has 0 bridgehead atoms. The zero-order valence-corrected chi connectivity index (χ0v) is 20.6. The quantitative estimate of drug-likeness (QED) is 0.241. The first-order valence-corrected chi connectivity index (χ1v) is 9.83. The fourth-order valence-electron chi connectivity index (χ4n) is 2.33. The number of halogens is 8. The number of allylic oxidation sites excluding steroid dienone is 2. The van der Waals surface area contributed by atoms with Crippen LogP contribution in [0.5, 0.6) is 0 Å². The van der Waals surface area contributed by atoms with Gasteiger partial charge < -0.3 is 44.3 Å². The van der Waals surface area contributed by atoms with Gasteiger partial charge in [-0.2, -0.15) is 0 Å². The Morgan fingerprint density at radius 3 is 0.941 bits per heavy atom. The lowest BCUT2D eigenvalue weighted by atomic mass is 10.0. The van der Waals surface area contributed by atoms with Crippen molar-refractivity contribution < 1.29 is 43.7 Å². The zero-order valence-electron chi connectivity index (χ0n) is 20.6. The van der Waals surface area contributed by atoms with Gasteiger partial charge in [0.25, 0.3) is 0 Å². The van der Waals surface area contributed by atoms with E-state index in [1.54, 1.807) is 0 Å². The van der Waals surface area contributed by atoms with E-state index in [1.807, 2.05) is 56.4 Å². The summed E-state index contributed by atoms with van der Waals surface area (Å²) in [4.78, 5) is 4.14. The molecular formula is C20H32B2F8N4. The highest BCUT2D eigenvalue weighted by Crippen LogP contribution is 2.18. The SMILES string of the molecule is CN(C)/C=C(/C=[N+](C)C)c1ccc(/C(C=[N+](C)C)=C\N(C)C)cc1.F[B-](F)(F)F.F[B-](F)(F)F. The highest BCUT2D eigenvalue weighted by Gasteiger charge is 2.21. The summed E-state index contributed by atoms with van der Waals surface area (Å²) in [5.41, 5.74) is 4.78. The van der Waals surface area contributed by atoms with E-state index in [2.05, 4.69) is 68.0 Å². The molecule has 0 aromatic heterocycles. The van der Waals surface area contributed by atoms with Gasteiger partial charge in [-0.05, 0) is 11.1 Å². The lowest BCUT2D eigenvalue weighted by Crippen LogP contribution is -2.08. The van der Waals surface area contributed by atoms with Crippen LogP contribution in [0.15, 0.2) is 36.7 Å². The predicted molar refractivity (Wildman–Crippen MR) is 126 cm³/mol. The number of nitrogens with zero attached hydrogens (tertiary/aromatic N) is 4. The van der Waals surface area contributed by atoms with Crippen LogP contribution in [0.1, 0.15) is 11.1 Å². The molecule has 0 heterocycles. The third-order valence-corrected chi connectivity index (χ3v) is 3.14. The standard InChI is InChI=1S/C20H32N4.2BF4/c1-21(2)13-19(14-22(3)4)17-9-11-18(12-10-17)20(15-23(5)6)16-24(7)8;2*2-1(3,4)5/h9-16H,1-8H3;;/q+2;2*-1. The summed E-state index contributed by atoms with van der Waals surface area (Å²) >= 11 is 0. The molecule has 0 amide bonds. The van der Waals surface area contributed by atoms with Crippen LogP contribution < -0.4 is 0 Å². The molecule has 4 nitrogen and oxygen atoms in total. The van der Waals surface area contributed by atoms with Gasteiger partial charge in [0.2, 0.25) is 0 Å². The van der Waals surface area contributed by atoms with Gasteiger partial charge in [-0.1, -0.05) is 24.3 Å². The van der Waals surface area contributed by atoms with E-state index >= 15 is 0 Å².